The molecule has 17 heavy (non-hydrogen) atoms. The number of aliphatic hydroxyl groups excluding tert-OH is 1. The van der Waals surface area contributed by atoms with Gasteiger partial charge in [-0.1, -0.05) is 25.7 Å². The van der Waals surface area contributed by atoms with Crippen LogP contribution in [0.3, 0.4) is 0 Å². The Bertz CT molecular complexity index is 192. The molecular formula is C14H26O3. The zero-order valence-corrected chi connectivity index (χ0v) is 10.8. The lowest BCUT2D eigenvalue weighted by molar-refractivity contribution is -0.0100. The number of hydrogen-bond donors (Lipinski definition) is 1. The van der Waals surface area contributed by atoms with E-state index in [1.807, 2.05) is 0 Å². The third-order valence-corrected chi connectivity index (χ3v) is 4.13. The van der Waals surface area contributed by atoms with E-state index >= 15 is 0 Å². The van der Waals surface area contributed by atoms with Crippen LogP contribution in [0.25, 0.3) is 0 Å². The second-order valence-corrected chi connectivity index (χ2v) is 5.59. The Morgan fingerprint density at radius 3 is 2.53 bits per heavy atom. The molecule has 1 aliphatic carbocycles. The molecule has 2 atom stereocenters. The molecule has 1 N–H and O–H groups in total. The molecule has 1 aliphatic heterocycles. The van der Waals surface area contributed by atoms with Crippen LogP contribution in [0.1, 0.15) is 44.9 Å². The van der Waals surface area contributed by atoms with Gasteiger partial charge in [0.05, 0.1) is 19.3 Å². The molecule has 0 amide bonds. The maximum atomic E-state index is 9.93. The first kappa shape index (κ1) is 13.3. The summed E-state index contributed by atoms with van der Waals surface area (Å²) in [7, 11) is 0. The number of ether oxygens (including phenoxy) is 2. The quantitative estimate of drug-likeness (QED) is 0.752. The van der Waals surface area contributed by atoms with Crippen LogP contribution in [0.2, 0.25) is 0 Å². The molecule has 100 valence electrons. The fourth-order valence-electron chi connectivity index (χ4n) is 2.88. The van der Waals surface area contributed by atoms with Crippen LogP contribution in [0.15, 0.2) is 0 Å². The molecule has 0 aromatic heterocycles. The van der Waals surface area contributed by atoms with Gasteiger partial charge in [0.1, 0.15) is 0 Å². The molecule has 1 heterocycles. The lowest BCUT2D eigenvalue weighted by Gasteiger charge is -2.19. The first-order valence-corrected chi connectivity index (χ1v) is 7.20. The van der Waals surface area contributed by atoms with Crippen molar-refractivity contribution in [3.05, 3.63) is 0 Å². The Hall–Kier alpha value is -0.120. The molecule has 3 heteroatoms. The highest BCUT2D eigenvalue weighted by atomic mass is 16.5. The molecule has 3 nitrogen and oxygen atoms in total. The average molecular weight is 242 g/mol. The van der Waals surface area contributed by atoms with E-state index < -0.39 is 0 Å². The third kappa shape index (κ3) is 4.57. The van der Waals surface area contributed by atoms with Gasteiger partial charge < -0.3 is 14.6 Å². The molecule has 0 radical (unpaired) electrons. The fourth-order valence-corrected chi connectivity index (χ4v) is 2.88. The highest BCUT2D eigenvalue weighted by Crippen LogP contribution is 2.23. The second-order valence-electron chi connectivity index (χ2n) is 5.59. The van der Waals surface area contributed by atoms with Crippen molar-refractivity contribution in [1.29, 1.82) is 0 Å². The predicted octanol–water partition coefficient (Wildman–Crippen LogP) is 2.37. The van der Waals surface area contributed by atoms with Crippen molar-refractivity contribution >= 4 is 0 Å². The van der Waals surface area contributed by atoms with Crippen LogP contribution >= 0.6 is 0 Å². The van der Waals surface area contributed by atoms with Crippen LogP contribution in [0.4, 0.5) is 0 Å². The Morgan fingerprint density at radius 1 is 1.12 bits per heavy atom. The minimum atomic E-state index is -0.330. The minimum Gasteiger partial charge on any atom is -0.390 e. The maximum absolute atomic E-state index is 9.93. The summed E-state index contributed by atoms with van der Waals surface area (Å²) in [4.78, 5) is 0. The summed E-state index contributed by atoms with van der Waals surface area (Å²) in [5.41, 5.74) is 0. The van der Waals surface area contributed by atoms with E-state index in [-0.39, 0.29) is 6.10 Å². The lowest BCUT2D eigenvalue weighted by atomic mass is 10.0. The van der Waals surface area contributed by atoms with Gasteiger partial charge in [0.25, 0.3) is 0 Å². The maximum Gasteiger partial charge on any atom is 0.0824 e. The van der Waals surface area contributed by atoms with Gasteiger partial charge in [-0.2, -0.15) is 0 Å². The van der Waals surface area contributed by atoms with Gasteiger partial charge >= 0.3 is 0 Å². The first-order chi connectivity index (χ1) is 8.36. The molecule has 0 aromatic carbocycles. The molecule has 1 saturated carbocycles. The van der Waals surface area contributed by atoms with E-state index in [1.165, 1.54) is 38.5 Å². The molecule has 2 unspecified atom stereocenters. The molecule has 1 saturated heterocycles. The molecule has 2 rings (SSSR count). The largest absolute Gasteiger partial charge is 0.390 e. The Balaban J connectivity index is 1.57. The van der Waals surface area contributed by atoms with E-state index in [0.29, 0.717) is 19.1 Å². The second kappa shape index (κ2) is 7.34. The van der Waals surface area contributed by atoms with Crippen molar-refractivity contribution in [3.8, 4) is 0 Å². The average Bonchev–Trinajstić information content (AvgIpc) is 2.75. The molecular weight excluding hydrogens is 216 g/mol. The van der Waals surface area contributed by atoms with Crippen molar-refractivity contribution in [2.24, 2.45) is 11.8 Å². The van der Waals surface area contributed by atoms with Crippen molar-refractivity contribution in [2.75, 3.05) is 26.4 Å². The Kier molecular flexibility index (Phi) is 5.75. The van der Waals surface area contributed by atoms with Crippen LogP contribution < -0.4 is 0 Å². The Labute approximate surface area is 104 Å². The standard InChI is InChI=1S/C14H26O3/c15-14(13-7-8-16-10-13)11-17-9-12-5-3-1-2-4-6-12/h12-15H,1-11H2. The van der Waals surface area contributed by atoms with Crippen molar-refractivity contribution in [1.82, 2.24) is 0 Å². The summed E-state index contributed by atoms with van der Waals surface area (Å²) >= 11 is 0. The van der Waals surface area contributed by atoms with E-state index in [9.17, 15) is 5.11 Å². The third-order valence-electron chi connectivity index (χ3n) is 4.13. The van der Waals surface area contributed by atoms with E-state index in [0.717, 1.165) is 25.6 Å². The zero-order chi connectivity index (χ0) is 11.9. The summed E-state index contributed by atoms with van der Waals surface area (Å²) in [6.07, 6.45) is 8.75. The molecule has 0 spiro atoms. The summed E-state index contributed by atoms with van der Waals surface area (Å²) in [6, 6.07) is 0. The number of rotatable bonds is 5. The van der Waals surface area contributed by atoms with E-state index in [1.54, 1.807) is 0 Å². The first-order valence-electron chi connectivity index (χ1n) is 7.20. The summed E-state index contributed by atoms with van der Waals surface area (Å²) in [5, 5.41) is 9.93. The SMILES string of the molecule is OC(COCC1CCCCCC1)C1CCOC1. The number of aliphatic hydroxyl groups is 1. The van der Waals surface area contributed by atoms with Gasteiger partial charge in [-0.15, -0.1) is 0 Å². The van der Waals surface area contributed by atoms with Crippen LogP contribution in [-0.4, -0.2) is 37.6 Å². The van der Waals surface area contributed by atoms with Gasteiger partial charge in [0.2, 0.25) is 0 Å². The highest BCUT2D eigenvalue weighted by Gasteiger charge is 2.24. The predicted molar refractivity (Wildman–Crippen MR) is 66.9 cm³/mol. The monoisotopic (exact) mass is 242 g/mol. The van der Waals surface area contributed by atoms with E-state index in [2.05, 4.69) is 0 Å². The zero-order valence-electron chi connectivity index (χ0n) is 10.8. The van der Waals surface area contributed by atoms with Crippen molar-refractivity contribution in [2.45, 2.75) is 51.0 Å². The minimum absolute atomic E-state index is 0.295. The van der Waals surface area contributed by atoms with Crippen LogP contribution in [0.5, 0.6) is 0 Å². The molecule has 0 aromatic rings. The van der Waals surface area contributed by atoms with Crippen LogP contribution in [-0.2, 0) is 9.47 Å². The smallest absolute Gasteiger partial charge is 0.0824 e. The van der Waals surface area contributed by atoms with E-state index in [4.69, 9.17) is 9.47 Å². The fraction of sp³-hybridized carbons (Fsp3) is 1.00. The van der Waals surface area contributed by atoms with Gasteiger partial charge in [0.15, 0.2) is 0 Å². The topological polar surface area (TPSA) is 38.7 Å². The van der Waals surface area contributed by atoms with Crippen molar-refractivity contribution in [3.63, 3.8) is 0 Å². The number of hydrogen-bond acceptors (Lipinski definition) is 3. The molecule has 2 aliphatic rings. The van der Waals surface area contributed by atoms with Crippen LogP contribution in [0, 0.1) is 11.8 Å². The summed E-state index contributed by atoms with van der Waals surface area (Å²) < 4.78 is 11.0. The highest BCUT2D eigenvalue weighted by molar-refractivity contribution is 4.72. The Morgan fingerprint density at radius 2 is 1.88 bits per heavy atom. The van der Waals surface area contributed by atoms with Crippen molar-refractivity contribution < 1.29 is 14.6 Å². The normalized spacial score (nSPS) is 29.1. The van der Waals surface area contributed by atoms with Gasteiger partial charge in [0, 0.05) is 19.1 Å². The lowest BCUT2D eigenvalue weighted by Crippen LogP contribution is -2.27. The summed E-state index contributed by atoms with van der Waals surface area (Å²) in [6.45, 7) is 2.83. The molecule has 2 fully saturated rings. The molecule has 0 bridgehead atoms. The van der Waals surface area contributed by atoms with Gasteiger partial charge in [-0.3, -0.25) is 0 Å². The van der Waals surface area contributed by atoms with Gasteiger partial charge in [-0.05, 0) is 25.2 Å². The summed E-state index contributed by atoms with van der Waals surface area (Å²) in [5.74, 6) is 1.02. The van der Waals surface area contributed by atoms with Gasteiger partial charge in [-0.25, -0.2) is 0 Å².